The van der Waals surface area contributed by atoms with E-state index in [0.717, 1.165) is 85.0 Å². The number of benzene rings is 2. The molecular formula is C102H208N6O4S. The molecule has 0 N–H and O–H groups in total. The predicted octanol–water partition coefficient (Wildman–Crippen LogP) is 27.9. The Morgan fingerprint density at radius 2 is 0.770 bits per heavy atom. The molecule has 0 bridgehead atoms. The van der Waals surface area contributed by atoms with Crippen molar-refractivity contribution in [2.24, 2.45) is 58.2 Å². The van der Waals surface area contributed by atoms with Crippen molar-refractivity contribution >= 4 is 9.84 Å². The van der Waals surface area contributed by atoms with Gasteiger partial charge in [0.15, 0.2) is 9.84 Å². The molecule has 113 heavy (non-hydrogen) atoms. The number of aryl methyl sites for hydroxylation is 1. The number of rotatable bonds is 19. The molecule has 6 heterocycles. The van der Waals surface area contributed by atoms with Gasteiger partial charge in [-0.15, -0.1) is 0 Å². The fourth-order valence-corrected chi connectivity index (χ4v) is 14.2. The summed E-state index contributed by atoms with van der Waals surface area (Å²) in [6, 6.07) is 20.6. The second-order valence-corrected chi connectivity index (χ2v) is 40.1. The summed E-state index contributed by atoms with van der Waals surface area (Å²) in [4.78, 5) is 15.1. The van der Waals surface area contributed by atoms with Crippen molar-refractivity contribution in [3.05, 3.63) is 71.8 Å². The van der Waals surface area contributed by atoms with Crippen LogP contribution in [0.15, 0.2) is 60.7 Å². The normalized spacial score (nSPS) is 19.9. The minimum atomic E-state index is -2.88. The van der Waals surface area contributed by atoms with E-state index in [0.29, 0.717) is 10.8 Å². The van der Waals surface area contributed by atoms with Crippen LogP contribution in [0.1, 0.15) is 377 Å². The average Bonchev–Trinajstić information content (AvgIpc) is 1.71. The number of nitrogens with zero attached hydrogens (tertiary/aromatic N) is 6. The Morgan fingerprint density at radius 3 is 1.02 bits per heavy atom. The molecule has 8 aliphatic rings. The molecule has 10 rings (SSSR count). The van der Waals surface area contributed by atoms with E-state index in [2.05, 4.69) is 248 Å². The molecule has 6 saturated heterocycles. The summed E-state index contributed by atoms with van der Waals surface area (Å²) in [6.07, 6.45) is 42.3. The molecule has 2 aromatic rings. The first-order valence-corrected chi connectivity index (χ1v) is 50.1. The van der Waals surface area contributed by atoms with E-state index in [9.17, 15) is 8.42 Å². The molecule has 0 unspecified atom stereocenters. The van der Waals surface area contributed by atoms with E-state index in [1.807, 2.05) is 24.3 Å². The molecule has 8 fully saturated rings. The van der Waals surface area contributed by atoms with Crippen LogP contribution in [0, 0.1) is 58.2 Å². The number of sulfone groups is 1. The number of unbranched alkanes of at least 4 members (excludes halogenated alkanes) is 4. The molecule has 0 aromatic heterocycles. The van der Waals surface area contributed by atoms with Gasteiger partial charge in [0.25, 0.3) is 0 Å². The zero-order chi connectivity index (χ0) is 86.7. The van der Waals surface area contributed by atoms with Crippen LogP contribution < -0.4 is 0 Å². The minimum absolute atomic E-state index is 0.133. The maximum absolute atomic E-state index is 10.8. The number of hydrogen-bond acceptors (Lipinski definition) is 10. The van der Waals surface area contributed by atoms with Crippen molar-refractivity contribution < 1.29 is 17.9 Å². The summed E-state index contributed by atoms with van der Waals surface area (Å²) in [6.45, 7) is 80.4. The third kappa shape index (κ3) is 89.2. The third-order valence-electron chi connectivity index (χ3n) is 22.5. The highest BCUT2D eigenvalue weighted by Gasteiger charge is 2.31. The highest BCUT2D eigenvalue weighted by molar-refractivity contribution is 7.89. The number of piperidine rings is 4. The van der Waals surface area contributed by atoms with E-state index in [1.54, 1.807) is 26.4 Å². The molecule has 0 radical (unpaired) electrons. The number of methoxy groups -OCH3 is 2. The van der Waals surface area contributed by atoms with E-state index in [-0.39, 0.29) is 5.75 Å². The van der Waals surface area contributed by atoms with Gasteiger partial charge in [0.05, 0.1) is 5.75 Å². The van der Waals surface area contributed by atoms with Gasteiger partial charge in [0.2, 0.25) is 0 Å². The van der Waals surface area contributed by atoms with E-state index in [1.165, 1.54) is 290 Å². The van der Waals surface area contributed by atoms with Gasteiger partial charge in [0.1, 0.15) is 0 Å². The van der Waals surface area contributed by atoms with Crippen molar-refractivity contribution in [1.82, 2.24) is 29.4 Å². The van der Waals surface area contributed by atoms with Gasteiger partial charge in [-0.2, -0.15) is 0 Å². The Labute approximate surface area is 713 Å². The molecule has 0 amide bonds. The SMILES string of the molecule is CC1CCN(C)CC1.CC1CCN(C2CC2)CC1.CC1CN(C)C1.CCC(C)(C)C.CCC1CCC(C)CC1.CCCC.CCCC(C)(C)C.CCCCC.CCCCOC.CCCN1CCC(C)CC1.CCCN1CC[C@@H](C)C1.CCCOC.CCN1CCC(C)CC1.CCc1ccccc1.CS(=O)(=O)Cc1ccccc1. The molecule has 0 spiro atoms. The largest absolute Gasteiger partial charge is 0.385 e. The molecular weight excluding hydrogens is 1410 g/mol. The van der Waals surface area contributed by atoms with E-state index >= 15 is 0 Å². The molecule has 676 valence electrons. The van der Waals surface area contributed by atoms with Crippen LogP contribution in [0.3, 0.4) is 0 Å². The van der Waals surface area contributed by atoms with Crippen LogP contribution >= 0.6 is 0 Å². The maximum atomic E-state index is 10.8. The van der Waals surface area contributed by atoms with E-state index in [4.69, 9.17) is 9.47 Å². The van der Waals surface area contributed by atoms with Gasteiger partial charge in [-0.3, -0.25) is 0 Å². The van der Waals surface area contributed by atoms with Crippen LogP contribution in [0.2, 0.25) is 0 Å². The number of hydrogen-bond donors (Lipinski definition) is 0. The summed E-state index contributed by atoms with van der Waals surface area (Å²) in [5.41, 5.74) is 3.34. The Kier molecular flexibility index (Phi) is 85.8. The Hall–Kier alpha value is -1.93. The summed E-state index contributed by atoms with van der Waals surface area (Å²) < 4.78 is 31.1. The minimum Gasteiger partial charge on any atom is -0.385 e. The van der Waals surface area contributed by atoms with Crippen molar-refractivity contribution in [3.63, 3.8) is 0 Å². The fraction of sp³-hybridized carbons (Fsp3) is 0.882. The first kappa shape index (κ1) is 120. The van der Waals surface area contributed by atoms with Gasteiger partial charge in [0, 0.05) is 59.4 Å². The Bertz CT molecular complexity index is 2190. The molecule has 1 atom stereocenters. The number of likely N-dealkylation sites (tertiary alicyclic amines) is 6. The lowest BCUT2D eigenvalue weighted by Gasteiger charge is -2.33. The maximum Gasteiger partial charge on any atom is 0.151 e. The van der Waals surface area contributed by atoms with Gasteiger partial charge in [-0.25, -0.2) is 8.42 Å². The lowest BCUT2D eigenvalue weighted by atomic mass is 9.82. The standard InChI is InChI=1S/C9H17N.C9H19N.C9H18.2C8H17N.C8H10O2S.C8H10.C7H15N.C7H16.C6H14.C5H11N.C5H12O.C5H12.C4H10O.C4H10/c1-8-4-6-10(7-5-8)9-2-3-9;1-3-6-10-7-4-9(2)5-8-10;2*1-3-9-6-4-8(2)5-7-9;1-3-5-9-6-4-8(2)7-9;1-11(9,10)7-8-5-3-2-4-6-8;1-2-8-6-4-3-5-7-8;1-7-3-5-8(2)6-4-7;1-5-6-7(2,3)4;1-5-6(2,3)4;1-5-3-6(2)4-5;1-3-4-5-6-2;1-3-5-4-2;1-3-4-5-2;1-3-4-2/h8-9H,2-7H2,1H3;9H,3-8H2,1-2H3;8-9H,3-7H2,1-2H3;2*8H,3-7H2,1-2H3;2-6H,7H2,1H3;3-7H,2H2,1H3;7H,3-6H2,1-2H3;5-6H2,1-4H3;5H2,1-4H3;5H,3-4H2,1-2H3;3-5H2,1-2H3;3-5H2,1-2H3;3-4H2,1-2H3;3-4H2,1-2H3/t;;;;8-;;;;;;;;;;/m....1........../s1. The first-order valence-electron chi connectivity index (χ1n) is 48.0. The summed E-state index contributed by atoms with van der Waals surface area (Å²) >= 11 is 0. The summed E-state index contributed by atoms with van der Waals surface area (Å²) in [5, 5.41) is 0. The molecule has 2 saturated carbocycles. The Morgan fingerprint density at radius 1 is 0.381 bits per heavy atom. The van der Waals surface area contributed by atoms with Crippen LogP contribution in [0.4, 0.5) is 0 Å². The molecule has 6 aliphatic heterocycles. The van der Waals surface area contributed by atoms with Gasteiger partial charge in [-0.05, 0) is 271 Å². The smallest absolute Gasteiger partial charge is 0.151 e. The zero-order valence-electron chi connectivity index (χ0n) is 82.6. The fourth-order valence-electron chi connectivity index (χ4n) is 13.4. The lowest BCUT2D eigenvalue weighted by molar-refractivity contribution is 0.149. The molecule has 11 heteroatoms. The third-order valence-corrected chi connectivity index (χ3v) is 23.4. The van der Waals surface area contributed by atoms with Crippen molar-refractivity contribution in [1.29, 1.82) is 0 Å². The number of ether oxygens (including phenoxy) is 2. The molecule has 10 nitrogen and oxygen atoms in total. The molecule has 2 aliphatic carbocycles. The quantitative estimate of drug-likeness (QED) is 0.127. The monoisotopic (exact) mass is 1610 g/mol. The predicted molar refractivity (Wildman–Crippen MR) is 513 cm³/mol. The summed E-state index contributed by atoms with van der Waals surface area (Å²) in [7, 11) is 4.92. The van der Waals surface area contributed by atoms with Crippen molar-refractivity contribution in [2.75, 3.05) is 146 Å². The first-order chi connectivity index (χ1) is 53.5. The van der Waals surface area contributed by atoms with Gasteiger partial charge >= 0.3 is 0 Å². The summed E-state index contributed by atoms with van der Waals surface area (Å²) in [5.74, 6) is 8.08. The van der Waals surface area contributed by atoms with Crippen LogP contribution in [0.25, 0.3) is 0 Å². The highest BCUT2D eigenvalue weighted by atomic mass is 32.2. The molecule has 2 aromatic carbocycles. The van der Waals surface area contributed by atoms with Crippen molar-refractivity contribution in [2.45, 2.75) is 384 Å². The highest BCUT2D eigenvalue weighted by Crippen LogP contribution is 2.31. The van der Waals surface area contributed by atoms with Gasteiger partial charge < -0.3 is 38.9 Å². The van der Waals surface area contributed by atoms with E-state index < -0.39 is 9.84 Å². The van der Waals surface area contributed by atoms with Crippen LogP contribution in [0.5, 0.6) is 0 Å². The van der Waals surface area contributed by atoms with Crippen LogP contribution in [-0.2, 0) is 31.5 Å². The van der Waals surface area contributed by atoms with Crippen LogP contribution in [-0.4, -0.2) is 190 Å². The topological polar surface area (TPSA) is 72.0 Å². The second kappa shape index (κ2) is 81.1. The average molecular weight is 1610 g/mol. The van der Waals surface area contributed by atoms with Crippen molar-refractivity contribution in [3.8, 4) is 0 Å². The van der Waals surface area contributed by atoms with Gasteiger partial charge in [-0.1, -0.05) is 324 Å². The zero-order valence-corrected chi connectivity index (χ0v) is 83.5. The Balaban J connectivity index is -0.000000371. The lowest BCUT2D eigenvalue weighted by Crippen LogP contribution is -2.41. The second-order valence-electron chi connectivity index (χ2n) is 37.9.